The van der Waals surface area contributed by atoms with Gasteiger partial charge >= 0.3 is 0 Å². The van der Waals surface area contributed by atoms with Crippen LogP contribution in [0.25, 0.3) is 10.9 Å². The largest absolute Gasteiger partial charge is 0.618 e. The van der Waals surface area contributed by atoms with Crippen LogP contribution in [0, 0.1) is 5.21 Å². The van der Waals surface area contributed by atoms with Gasteiger partial charge in [-0.1, -0.05) is 30.3 Å². The second-order valence-electron chi connectivity index (χ2n) is 6.66. The number of aromatic amines is 1. The van der Waals surface area contributed by atoms with Gasteiger partial charge in [-0.3, -0.25) is 4.79 Å². The summed E-state index contributed by atoms with van der Waals surface area (Å²) in [5, 5.41) is 13.0. The minimum Gasteiger partial charge on any atom is -0.618 e. The van der Waals surface area contributed by atoms with E-state index in [9.17, 15) is 10.0 Å². The zero-order valence-corrected chi connectivity index (χ0v) is 15.5. The van der Waals surface area contributed by atoms with Crippen molar-refractivity contribution >= 4 is 16.7 Å². The fourth-order valence-corrected chi connectivity index (χ4v) is 3.56. The molecule has 0 unspecified atom stereocenters. The van der Waals surface area contributed by atoms with Crippen molar-refractivity contribution in [3.8, 4) is 5.75 Å². The number of benzene rings is 2. The molecule has 1 atom stereocenters. The summed E-state index contributed by atoms with van der Waals surface area (Å²) < 4.78 is 6.00. The van der Waals surface area contributed by atoms with Crippen molar-refractivity contribution in [2.45, 2.75) is 12.3 Å². The van der Waals surface area contributed by atoms with Crippen LogP contribution in [-0.2, 0) is 0 Å². The van der Waals surface area contributed by atoms with Crippen LogP contribution in [0.2, 0.25) is 0 Å². The zero-order chi connectivity index (χ0) is 19.5. The van der Waals surface area contributed by atoms with E-state index in [1.807, 2.05) is 54.7 Å². The Morgan fingerprint density at radius 2 is 1.89 bits per heavy atom. The van der Waals surface area contributed by atoms with E-state index in [0.29, 0.717) is 4.73 Å². The summed E-state index contributed by atoms with van der Waals surface area (Å²) in [6, 6.07) is 20.6. The van der Waals surface area contributed by atoms with Crippen LogP contribution in [0.15, 0.2) is 79.1 Å². The maximum absolute atomic E-state index is 12.9. The average Bonchev–Trinajstić information content (AvgIpc) is 3.15. The van der Waals surface area contributed by atoms with Crippen LogP contribution in [0.4, 0.5) is 0 Å². The molecule has 2 aromatic carbocycles. The molecule has 140 valence electrons. The number of nitrogens with one attached hydrogen (secondary N) is 1. The monoisotopic (exact) mass is 372 g/mol. The molecule has 4 rings (SSSR count). The van der Waals surface area contributed by atoms with Crippen molar-refractivity contribution < 1.29 is 14.3 Å². The van der Waals surface area contributed by atoms with Crippen LogP contribution in [0.3, 0.4) is 0 Å². The number of pyridine rings is 1. The number of H-pyrrole nitrogens is 1. The van der Waals surface area contributed by atoms with E-state index in [2.05, 4.69) is 4.98 Å². The Bertz CT molecular complexity index is 1120. The Morgan fingerprint density at radius 3 is 2.64 bits per heavy atom. The molecule has 2 heterocycles. The van der Waals surface area contributed by atoms with E-state index in [1.54, 1.807) is 25.3 Å². The van der Waals surface area contributed by atoms with E-state index in [1.165, 1.54) is 6.20 Å². The first-order chi connectivity index (χ1) is 13.7. The molecule has 0 aliphatic rings. The number of fused-ring (bicyclic) bond motifs is 1. The Balaban J connectivity index is 1.79. The molecule has 0 fully saturated rings. The molecular formula is C23H20N2O3. The molecule has 0 amide bonds. The number of rotatable bonds is 6. The maximum Gasteiger partial charge on any atom is 0.259 e. The summed E-state index contributed by atoms with van der Waals surface area (Å²) in [5.41, 5.74) is 3.15. The van der Waals surface area contributed by atoms with E-state index in [0.717, 1.165) is 27.8 Å². The highest BCUT2D eigenvalue weighted by atomic mass is 16.5. The van der Waals surface area contributed by atoms with Crippen LogP contribution < -0.4 is 9.47 Å². The van der Waals surface area contributed by atoms with Crippen molar-refractivity contribution in [1.29, 1.82) is 0 Å². The lowest BCUT2D eigenvalue weighted by molar-refractivity contribution is -0.607. The number of aromatic nitrogens is 2. The smallest absolute Gasteiger partial charge is 0.259 e. The lowest BCUT2D eigenvalue weighted by Gasteiger charge is -2.16. The first kappa shape index (κ1) is 17.8. The molecule has 0 bridgehead atoms. The number of hydrogen-bond acceptors (Lipinski definition) is 3. The predicted molar refractivity (Wildman–Crippen MR) is 107 cm³/mol. The van der Waals surface area contributed by atoms with Gasteiger partial charge in [0.15, 0.2) is 6.20 Å². The van der Waals surface area contributed by atoms with Crippen molar-refractivity contribution in [2.75, 3.05) is 7.11 Å². The van der Waals surface area contributed by atoms with Gasteiger partial charge in [-0.05, 0) is 35.4 Å². The third-order valence-corrected chi connectivity index (χ3v) is 5.00. The minimum absolute atomic E-state index is 0.154. The number of ether oxygens (including phenoxy) is 1. The van der Waals surface area contributed by atoms with Crippen molar-refractivity contribution in [3.63, 3.8) is 0 Å². The van der Waals surface area contributed by atoms with E-state index >= 15 is 0 Å². The van der Waals surface area contributed by atoms with Crippen LogP contribution in [0.5, 0.6) is 5.75 Å². The quantitative estimate of drug-likeness (QED) is 0.313. The number of nitrogens with zero attached hydrogens (tertiary/aromatic N) is 1. The van der Waals surface area contributed by atoms with Crippen LogP contribution in [0.1, 0.15) is 34.0 Å². The molecule has 28 heavy (non-hydrogen) atoms. The second-order valence-corrected chi connectivity index (χ2v) is 6.66. The van der Waals surface area contributed by atoms with Crippen molar-refractivity contribution in [1.82, 2.24) is 4.98 Å². The van der Waals surface area contributed by atoms with Gasteiger partial charge in [0.05, 0.1) is 7.11 Å². The summed E-state index contributed by atoms with van der Waals surface area (Å²) in [6.45, 7) is 0. The lowest BCUT2D eigenvalue weighted by atomic mass is 9.86. The topological polar surface area (TPSA) is 69.0 Å². The molecule has 0 aliphatic carbocycles. The number of methoxy groups -OCH3 is 1. The molecule has 0 saturated heterocycles. The molecule has 0 spiro atoms. The Labute approximate surface area is 162 Å². The standard InChI is InChI=1S/C23H20N2O3/c1-28-17-10-11-21-19(13-17)20(15-24-21)18(16-7-3-2-4-8-16)14-23(26)22-9-5-6-12-25(22)27/h2-13,15,18,24H,14H2,1H3/t18-/m1/s1. The molecule has 5 nitrogen and oxygen atoms in total. The van der Waals surface area contributed by atoms with Gasteiger partial charge in [-0.25, -0.2) is 0 Å². The number of carbonyl (C=O) groups excluding carboxylic acids is 1. The molecule has 0 saturated carbocycles. The maximum atomic E-state index is 12.9. The summed E-state index contributed by atoms with van der Waals surface area (Å²) in [5.74, 6) is 0.378. The van der Waals surface area contributed by atoms with E-state index < -0.39 is 0 Å². The molecule has 4 aromatic rings. The van der Waals surface area contributed by atoms with E-state index in [-0.39, 0.29) is 23.8 Å². The lowest BCUT2D eigenvalue weighted by Crippen LogP contribution is -2.34. The Hall–Kier alpha value is -3.60. The molecule has 1 N–H and O–H groups in total. The molecule has 0 radical (unpaired) electrons. The second kappa shape index (κ2) is 7.56. The predicted octanol–water partition coefficient (Wildman–Crippen LogP) is 4.21. The molecule has 0 aliphatic heterocycles. The highest BCUT2D eigenvalue weighted by Gasteiger charge is 2.25. The molecule has 2 aromatic heterocycles. The third kappa shape index (κ3) is 3.34. The fourth-order valence-electron chi connectivity index (χ4n) is 3.56. The summed E-state index contributed by atoms with van der Waals surface area (Å²) >= 11 is 0. The molecule has 5 heteroatoms. The normalized spacial score (nSPS) is 12.0. The van der Waals surface area contributed by atoms with Crippen molar-refractivity contribution in [2.24, 2.45) is 0 Å². The average molecular weight is 372 g/mol. The summed E-state index contributed by atoms with van der Waals surface area (Å²) in [6.07, 6.45) is 3.48. The number of carbonyl (C=O) groups is 1. The number of Topliss-reactive ketones (excluding diaryl/α,β-unsaturated/α-hetero) is 1. The SMILES string of the molecule is COc1ccc2[nH]cc([C@H](CC(=O)c3cccc[n+]3[O-])c3ccccc3)c2c1. The summed E-state index contributed by atoms with van der Waals surface area (Å²) in [4.78, 5) is 16.2. The van der Waals surface area contributed by atoms with Gasteiger partial charge in [0.1, 0.15) is 5.75 Å². The highest BCUT2D eigenvalue weighted by molar-refractivity contribution is 5.95. The van der Waals surface area contributed by atoms with Gasteiger partial charge in [0.2, 0.25) is 5.78 Å². The van der Waals surface area contributed by atoms with Crippen LogP contribution in [-0.4, -0.2) is 17.9 Å². The number of hydrogen-bond donors (Lipinski definition) is 1. The fraction of sp³-hybridized carbons (Fsp3) is 0.130. The minimum atomic E-state index is -0.193. The van der Waals surface area contributed by atoms with Crippen molar-refractivity contribution in [3.05, 3.63) is 101 Å². The number of ketones is 1. The first-order valence-corrected chi connectivity index (χ1v) is 9.08. The van der Waals surface area contributed by atoms with Gasteiger partial charge in [-0.15, -0.1) is 0 Å². The summed E-state index contributed by atoms with van der Waals surface area (Å²) in [7, 11) is 1.63. The van der Waals surface area contributed by atoms with Gasteiger partial charge in [0.25, 0.3) is 5.69 Å². The van der Waals surface area contributed by atoms with Gasteiger partial charge in [0, 0.05) is 41.6 Å². The van der Waals surface area contributed by atoms with Gasteiger partial charge in [-0.2, -0.15) is 4.73 Å². The Kier molecular flexibility index (Phi) is 4.81. The first-order valence-electron chi connectivity index (χ1n) is 9.08. The van der Waals surface area contributed by atoms with E-state index in [4.69, 9.17) is 4.74 Å². The Morgan fingerprint density at radius 1 is 1.11 bits per heavy atom. The van der Waals surface area contributed by atoms with Crippen LogP contribution >= 0.6 is 0 Å². The highest BCUT2D eigenvalue weighted by Crippen LogP contribution is 2.35. The molecular weight excluding hydrogens is 352 g/mol. The third-order valence-electron chi connectivity index (χ3n) is 5.00. The zero-order valence-electron chi connectivity index (χ0n) is 15.5. The van der Waals surface area contributed by atoms with Gasteiger partial charge < -0.3 is 14.9 Å².